The van der Waals surface area contributed by atoms with Gasteiger partial charge in [-0.3, -0.25) is 9.69 Å². The number of carbonyl (C=O) groups excluding carboxylic acids is 2. The number of hydrogen-bond acceptors (Lipinski definition) is 6. The van der Waals surface area contributed by atoms with Gasteiger partial charge in [0.05, 0.1) is 24.1 Å². The van der Waals surface area contributed by atoms with Crippen molar-refractivity contribution in [1.29, 1.82) is 0 Å². The Kier molecular flexibility index (Phi) is 6.41. The van der Waals surface area contributed by atoms with Crippen molar-refractivity contribution >= 4 is 40.6 Å². The summed E-state index contributed by atoms with van der Waals surface area (Å²) < 4.78 is 7.44. The van der Waals surface area contributed by atoms with E-state index in [1.54, 1.807) is 18.0 Å². The molecule has 35 heavy (non-hydrogen) atoms. The molecule has 1 saturated heterocycles. The van der Waals surface area contributed by atoms with Crippen molar-refractivity contribution < 1.29 is 14.3 Å². The molecule has 0 aliphatic carbocycles. The Balaban J connectivity index is 1.21. The summed E-state index contributed by atoms with van der Waals surface area (Å²) in [6.07, 6.45) is 0.915. The fraction of sp³-hybridized carbons (Fsp3) is 0.231. The maximum atomic E-state index is 12.2. The number of anilines is 1. The van der Waals surface area contributed by atoms with Crippen molar-refractivity contribution in [2.24, 2.45) is 7.05 Å². The topological polar surface area (TPSA) is 89.4 Å². The summed E-state index contributed by atoms with van der Waals surface area (Å²) in [5.74, 6) is 1.20. The zero-order chi connectivity index (χ0) is 24.4. The van der Waals surface area contributed by atoms with Gasteiger partial charge in [0, 0.05) is 31.5 Å². The number of aromatic nitrogens is 3. The van der Waals surface area contributed by atoms with Gasteiger partial charge in [0.25, 0.3) is 0 Å². The monoisotopic (exact) mass is 487 g/mol. The number of amides is 2. The molecule has 1 N–H and O–H groups in total. The maximum Gasteiger partial charge on any atom is 0.416 e. The van der Waals surface area contributed by atoms with Crippen LogP contribution >= 0.6 is 11.8 Å². The van der Waals surface area contributed by atoms with E-state index >= 15 is 0 Å². The third kappa shape index (κ3) is 5.00. The Morgan fingerprint density at radius 3 is 2.60 bits per heavy atom. The number of ether oxygens (including phenoxy) is 1. The van der Waals surface area contributed by atoms with Gasteiger partial charge >= 0.3 is 6.09 Å². The number of benzene rings is 2. The molecule has 0 bridgehead atoms. The molecule has 4 aromatic rings. The largest absolute Gasteiger partial charge is 0.442 e. The van der Waals surface area contributed by atoms with Gasteiger partial charge in [0.15, 0.2) is 5.16 Å². The predicted octanol–water partition coefficient (Wildman–Crippen LogP) is 4.39. The molecule has 0 spiro atoms. The summed E-state index contributed by atoms with van der Waals surface area (Å²) in [5.41, 5.74) is 5.36. The molecule has 2 amide bonds. The van der Waals surface area contributed by atoms with E-state index in [1.807, 2.05) is 37.4 Å². The zero-order valence-corrected chi connectivity index (χ0v) is 20.3. The van der Waals surface area contributed by atoms with Crippen molar-refractivity contribution in [2.45, 2.75) is 23.9 Å². The summed E-state index contributed by atoms with van der Waals surface area (Å²) in [4.78, 5) is 34.0. The van der Waals surface area contributed by atoms with Crippen molar-refractivity contribution in [3.63, 3.8) is 0 Å². The van der Waals surface area contributed by atoms with Gasteiger partial charge in [0.2, 0.25) is 5.91 Å². The number of imidazole rings is 1. The second kappa shape index (κ2) is 9.79. The number of rotatable bonds is 7. The van der Waals surface area contributed by atoms with Crippen molar-refractivity contribution in [1.82, 2.24) is 19.9 Å². The first-order valence-corrected chi connectivity index (χ1v) is 12.3. The van der Waals surface area contributed by atoms with E-state index < -0.39 is 6.09 Å². The second-order valence-corrected chi connectivity index (χ2v) is 9.33. The van der Waals surface area contributed by atoms with E-state index in [0.29, 0.717) is 12.4 Å². The fourth-order valence-electron chi connectivity index (χ4n) is 3.98. The quantitative estimate of drug-likeness (QED) is 0.389. The molecule has 3 heterocycles. The number of cyclic esters (lactones) is 1. The summed E-state index contributed by atoms with van der Waals surface area (Å²) in [5, 5.41) is 3.67. The van der Waals surface area contributed by atoms with Gasteiger partial charge in [-0.05, 0) is 35.4 Å². The number of hydrogen-bond donors (Lipinski definition) is 1. The maximum absolute atomic E-state index is 12.2. The molecule has 1 aliphatic rings. The third-order valence-electron chi connectivity index (χ3n) is 5.88. The Morgan fingerprint density at radius 2 is 1.89 bits per heavy atom. The van der Waals surface area contributed by atoms with Crippen LogP contribution in [0.4, 0.5) is 10.6 Å². The summed E-state index contributed by atoms with van der Waals surface area (Å²) in [6, 6.07) is 20.3. The number of aryl methyl sites for hydroxylation is 1. The molecule has 5 rings (SSSR count). The minimum atomic E-state index is -0.455. The lowest BCUT2D eigenvalue weighted by Gasteiger charge is -2.12. The standard InChI is InChI=1S/C26H25N5O3S/c1-17(32)27-14-21-15-31(26(33)34-21)24-12-11-20(13-28-24)19-9-7-18(8-10-19)16-35-25-29-22-5-3-4-6-23(22)30(25)2/h3-13,21H,14-16H2,1-2H3,(H,27,32)/t21-/m0/s1. The number of fused-ring (bicyclic) bond motifs is 1. The minimum Gasteiger partial charge on any atom is -0.442 e. The van der Waals surface area contributed by atoms with Gasteiger partial charge < -0.3 is 14.6 Å². The first-order chi connectivity index (χ1) is 17.0. The molecule has 8 nitrogen and oxygen atoms in total. The molecular formula is C26H25N5O3S. The Bertz CT molecular complexity index is 1370. The first-order valence-electron chi connectivity index (χ1n) is 11.3. The second-order valence-electron chi connectivity index (χ2n) is 8.39. The van der Waals surface area contributed by atoms with E-state index in [0.717, 1.165) is 33.1 Å². The fourth-order valence-corrected chi connectivity index (χ4v) is 4.93. The molecule has 1 aliphatic heterocycles. The molecule has 0 radical (unpaired) electrons. The third-order valence-corrected chi connectivity index (χ3v) is 6.98. The average molecular weight is 488 g/mol. The van der Waals surface area contributed by atoms with Gasteiger partial charge in [-0.15, -0.1) is 0 Å². The highest BCUT2D eigenvalue weighted by molar-refractivity contribution is 7.98. The van der Waals surface area contributed by atoms with E-state index in [-0.39, 0.29) is 18.6 Å². The number of pyridine rings is 1. The Morgan fingerprint density at radius 1 is 1.11 bits per heavy atom. The van der Waals surface area contributed by atoms with E-state index in [1.165, 1.54) is 17.4 Å². The molecule has 2 aromatic heterocycles. The summed E-state index contributed by atoms with van der Waals surface area (Å²) in [6.45, 7) is 2.07. The molecule has 1 atom stereocenters. The summed E-state index contributed by atoms with van der Waals surface area (Å²) >= 11 is 1.72. The van der Waals surface area contributed by atoms with Crippen molar-refractivity contribution in [3.8, 4) is 11.1 Å². The number of nitrogens with zero attached hydrogens (tertiary/aromatic N) is 4. The van der Waals surface area contributed by atoms with Crippen LogP contribution in [0.15, 0.2) is 72.0 Å². The van der Waals surface area contributed by atoms with Gasteiger partial charge in [-0.2, -0.15) is 0 Å². The number of para-hydroxylation sites is 2. The molecule has 2 aromatic carbocycles. The highest BCUT2D eigenvalue weighted by Gasteiger charge is 2.33. The van der Waals surface area contributed by atoms with Crippen LogP contribution in [0.5, 0.6) is 0 Å². The highest BCUT2D eigenvalue weighted by atomic mass is 32.2. The van der Waals surface area contributed by atoms with Gasteiger partial charge in [0.1, 0.15) is 11.9 Å². The first kappa shape index (κ1) is 22.9. The van der Waals surface area contributed by atoms with Gasteiger partial charge in [-0.1, -0.05) is 48.2 Å². The molecular weight excluding hydrogens is 462 g/mol. The van der Waals surface area contributed by atoms with E-state index in [2.05, 4.69) is 45.2 Å². The van der Waals surface area contributed by atoms with Crippen LogP contribution in [-0.2, 0) is 22.3 Å². The lowest BCUT2D eigenvalue weighted by Crippen LogP contribution is -2.33. The Labute approximate surface area is 207 Å². The molecule has 9 heteroatoms. The van der Waals surface area contributed by atoms with Crippen LogP contribution < -0.4 is 10.2 Å². The zero-order valence-electron chi connectivity index (χ0n) is 19.5. The minimum absolute atomic E-state index is 0.156. The highest BCUT2D eigenvalue weighted by Crippen LogP contribution is 2.28. The Hall–Kier alpha value is -3.85. The molecule has 0 unspecified atom stereocenters. The van der Waals surface area contributed by atoms with Crippen LogP contribution in [0, 0.1) is 0 Å². The predicted molar refractivity (Wildman–Crippen MR) is 136 cm³/mol. The normalized spacial score (nSPS) is 15.4. The van der Waals surface area contributed by atoms with Crippen LogP contribution in [0.2, 0.25) is 0 Å². The van der Waals surface area contributed by atoms with E-state index in [9.17, 15) is 9.59 Å². The van der Waals surface area contributed by atoms with Crippen molar-refractivity contribution in [3.05, 3.63) is 72.4 Å². The lowest BCUT2D eigenvalue weighted by molar-refractivity contribution is -0.119. The number of nitrogens with one attached hydrogen (secondary N) is 1. The van der Waals surface area contributed by atoms with Gasteiger partial charge in [-0.25, -0.2) is 14.8 Å². The van der Waals surface area contributed by atoms with E-state index in [4.69, 9.17) is 9.72 Å². The SMILES string of the molecule is CC(=O)NC[C@H]1CN(c2ccc(-c3ccc(CSc4nc5ccccc5n4C)cc3)cn2)C(=O)O1. The van der Waals surface area contributed by atoms with Crippen LogP contribution in [0.25, 0.3) is 22.2 Å². The van der Waals surface area contributed by atoms with Crippen LogP contribution in [0.3, 0.4) is 0 Å². The lowest BCUT2D eigenvalue weighted by atomic mass is 10.1. The molecule has 0 saturated carbocycles. The van der Waals surface area contributed by atoms with Crippen molar-refractivity contribution in [2.75, 3.05) is 18.0 Å². The van der Waals surface area contributed by atoms with Crippen LogP contribution in [-0.4, -0.2) is 45.7 Å². The molecule has 1 fully saturated rings. The molecule has 178 valence electrons. The van der Waals surface area contributed by atoms with Crippen LogP contribution in [0.1, 0.15) is 12.5 Å². The smallest absolute Gasteiger partial charge is 0.416 e. The number of carbonyl (C=O) groups is 2. The summed E-state index contributed by atoms with van der Waals surface area (Å²) in [7, 11) is 2.04. The average Bonchev–Trinajstić information content (AvgIpc) is 3.41. The number of thioether (sulfide) groups is 1.